The van der Waals surface area contributed by atoms with Crippen molar-refractivity contribution in [3.05, 3.63) is 11.8 Å². The van der Waals surface area contributed by atoms with Gasteiger partial charge in [-0.1, -0.05) is 6.92 Å². The number of hydrogen-bond donors (Lipinski definition) is 2. The first-order valence-corrected chi connectivity index (χ1v) is 5.52. The zero-order valence-corrected chi connectivity index (χ0v) is 10.0. The van der Waals surface area contributed by atoms with Crippen molar-refractivity contribution in [2.45, 2.75) is 33.3 Å². The van der Waals surface area contributed by atoms with Crippen molar-refractivity contribution in [2.75, 3.05) is 18.5 Å². The first-order chi connectivity index (χ1) is 7.61. The summed E-state index contributed by atoms with van der Waals surface area (Å²) in [6.07, 6.45) is 0.517. The number of hydrogen-bond acceptors (Lipinski definition) is 5. The summed E-state index contributed by atoms with van der Waals surface area (Å²) in [5.41, 5.74) is 0.842. The van der Waals surface area contributed by atoms with Crippen molar-refractivity contribution in [1.29, 1.82) is 0 Å². The molecule has 16 heavy (non-hydrogen) atoms. The molecule has 0 saturated heterocycles. The van der Waals surface area contributed by atoms with Gasteiger partial charge in [0.05, 0.1) is 12.7 Å². The van der Waals surface area contributed by atoms with E-state index in [0.717, 1.165) is 12.1 Å². The van der Waals surface area contributed by atoms with Crippen molar-refractivity contribution in [3.8, 4) is 5.88 Å². The maximum Gasteiger partial charge on any atom is 0.226 e. The summed E-state index contributed by atoms with van der Waals surface area (Å²) in [6.45, 7) is 6.70. The number of nitrogens with zero attached hydrogens (tertiary/aromatic N) is 2. The smallest absolute Gasteiger partial charge is 0.226 e. The van der Waals surface area contributed by atoms with Crippen LogP contribution in [0.3, 0.4) is 0 Å². The van der Waals surface area contributed by atoms with Crippen LogP contribution < -0.4 is 10.1 Å². The van der Waals surface area contributed by atoms with E-state index in [1.54, 1.807) is 13.0 Å². The third kappa shape index (κ3) is 4.44. The zero-order chi connectivity index (χ0) is 12.0. The maximum absolute atomic E-state index is 9.14. The Labute approximate surface area is 95.9 Å². The van der Waals surface area contributed by atoms with Gasteiger partial charge in [-0.2, -0.15) is 4.98 Å². The van der Waals surface area contributed by atoms with E-state index >= 15 is 0 Å². The number of aromatic nitrogens is 2. The molecule has 0 fully saturated rings. The highest BCUT2D eigenvalue weighted by Crippen LogP contribution is 2.12. The molecule has 0 aliphatic rings. The summed E-state index contributed by atoms with van der Waals surface area (Å²) in [4.78, 5) is 8.39. The Kier molecular flexibility index (Phi) is 4.98. The van der Waals surface area contributed by atoms with Gasteiger partial charge in [0.2, 0.25) is 11.8 Å². The maximum atomic E-state index is 9.14. The molecule has 5 heteroatoms. The molecule has 0 aromatic carbocycles. The fraction of sp³-hybridized carbons (Fsp3) is 0.636. The van der Waals surface area contributed by atoms with Gasteiger partial charge in [-0.25, -0.2) is 4.98 Å². The average molecular weight is 225 g/mol. The Morgan fingerprint density at radius 1 is 1.50 bits per heavy atom. The fourth-order valence-electron chi connectivity index (χ4n) is 1.14. The number of ether oxygens (including phenoxy) is 1. The fourth-order valence-corrected chi connectivity index (χ4v) is 1.14. The highest BCUT2D eigenvalue weighted by molar-refractivity contribution is 5.30. The number of aliphatic hydroxyl groups is 1. The van der Waals surface area contributed by atoms with Crippen LogP contribution in [0, 0.1) is 6.92 Å². The number of rotatable bonds is 6. The van der Waals surface area contributed by atoms with Crippen molar-refractivity contribution >= 4 is 5.95 Å². The molecular weight excluding hydrogens is 206 g/mol. The van der Waals surface area contributed by atoms with Gasteiger partial charge in [0.15, 0.2) is 0 Å². The summed E-state index contributed by atoms with van der Waals surface area (Å²) in [7, 11) is 0. The highest BCUT2D eigenvalue weighted by Gasteiger charge is 2.03. The summed E-state index contributed by atoms with van der Waals surface area (Å²) < 4.78 is 5.43. The molecule has 0 radical (unpaired) electrons. The van der Waals surface area contributed by atoms with Gasteiger partial charge in [0.1, 0.15) is 0 Å². The summed E-state index contributed by atoms with van der Waals surface area (Å²) in [5, 5.41) is 12.1. The monoisotopic (exact) mass is 225 g/mol. The van der Waals surface area contributed by atoms with Crippen LogP contribution in [0.5, 0.6) is 5.88 Å². The molecule has 1 aromatic rings. The molecule has 2 N–H and O–H groups in total. The van der Waals surface area contributed by atoms with Crippen molar-refractivity contribution in [1.82, 2.24) is 9.97 Å². The normalized spacial score (nSPS) is 12.2. The van der Waals surface area contributed by atoms with E-state index in [-0.39, 0.29) is 0 Å². The van der Waals surface area contributed by atoms with E-state index in [4.69, 9.17) is 9.84 Å². The molecule has 0 amide bonds. The molecule has 0 aliphatic heterocycles. The lowest BCUT2D eigenvalue weighted by Crippen LogP contribution is -2.17. The largest absolute Gasteiger partial charge is 0.478 e. The van der Waals surface area contributed by atoms with Gasteiger partial charge in [0, 0.05) is 18.3 Å². The SMILES string of the molecule is CCCOc1cc(C)nc(NCC(C)O)n1. The molecule has 1 aromatic heterocycles. The van der Waals surface area contributed by atoms with Gasteiger partial charge in [-0.05, 0) is 20.3 Å². The number of aryl methyl sites for hydroxylation is 1. The first kappa shape index (κ1) is 12.7. The van der Waals surface area contributed by atoms with Gasteiger partial charge < -0.3 is 15.2 Å². The van der Waals surface area contributed by atoms with Crippen LogP contribution in [-0.2, 0) is 0 Å². The molecule has 1 rings (SSSR count). The predicted octanol–water partition coefficient (Wildman–Crippen LogP) is 1.37. The second-order valence-corrected chi connectivity index (χ2v) is 3.75. The predicted molar refractivity (Wildman–Crippen MR) is 62.7 cm³/mol. The van der Waals surface area contributed by atoms with E-state index in [1.807, 2.05) is 13.8 Å². The Bertz CT molecular complexity index is 329. The molecular formula is C11H19N3O2. The standard InChI is InChI=1S/C11H19N3O2/c1-4-5-16-10-6-8(2)13-11(14-10)12-7-9(3)15/h6,9,15H,4-5,7H2,1-3H3,(H,12,13,14). The van der Waals surface area contributed by atoms with Gasteiger partial charge in [-0.15, -0.1) is 0 Å². The highest BCUT2D eigenvalue weighted by atomic mass is 16.5. The molecule has 0 aliphatic carbocycles. The van der Waals surface area contributed by atoms with Crippen LogP contribution >= 0.6 is 0 Å². The molecule has 1 atom stereocenters. The van der Waals surface area contributed by atoms with Crippen LogP contribution in [0.4, 0.5) is 5.95 Å². The molecule has 90 valence electrons. The minimum absolute atomic E-state index is 0.427. The molecule has 5 nitrogen and oxygen atoms in total. The topological polar surface area (TPSA) is 67.3 Å². The molecule has 0 bridgehead atoms. The van der Waals surface area contributed by atoms with E-state index in [0.29, 0.717) is 25.0 Å². The van der Waals surface area contributed by atoms with E-state index in [2.05, 4.69) is 15.3 Å². The molecule has 1 unspecified atom stereocenters. The summed E-state index contributed by atoms with van der Waals surface area (Å²) >= 11 is 0. The van der Waals surface area contributed by atoms with Crippen molar-refractivity contribution < 1.29 is 9.84 Å². The summed E-state index contributed by atoms with van der Waals surface area (Å²) in [6, 6.07) is 1.79. The molecule has 1 heterocycles. The Balaban J connectivity index is 2.65. The minimum Gasteiger partial charge on any atom is -0.478 e. The lowest BCUT2D eigenvalue weighted by Gasteiger charge is -2.09. The van der Waals surface area contributed by atoms with Crippen LogP contribution in [0.25, 0.3) is 0 Å². The number of aliphatic hydroxyl groups excluding tert-OH is 1. The second-order valence-electron chi connectivity index (χ2n) is 3.75. The minimum atomic E-state index is -0.427. The van der Waals surface area contributed by atoms with E-state index < -0.39 is 6.10 Å². The number of anilines is 1. The Morgan fingerprint density at radius 2 is 2.25 bits per heavy atom. The Hall–Kier alpha value is -1.36. The van der Waals surface area contributed by atoms with Crippen LogP contribution in [-0.4, -0.2) is 34.3 Å². The quantitative estimate of drug-likeness (QED) is 0.765. The van der Waals surface area contributed by atoms with E-state index in [9.17, 15) is 0 Å². The summed E-state index contributed by atoms with van der Waals surface area (Å²) in [5.74, 6) is 1.06. The number of nitrogens with one attached hydrogen (secondary N) is 1. The first-order valence-electron chi connectivity index (χ1n) is 5.52. The van der Waals surface area contributed by atoms with Crippen LogP contribution in [0.15, 0.2) is 6.07 Å². The van der Waals surface area contributed by atoms with Crippen LogP contribution in [0.1, 0.15) is 26.0 Å². The lowest BCUT2D eigenvalue weighted by atomic mass is 10.4. The molecule has 0 saturated carbocycles. The van der Waals surface area contributed by atoms with Gasteiger partial charge in [-0.3, -0.25) is 0 Å². The van der Waals surface area contributed by atoms with Crippen LogP contribution in [0.2, 0.25) is 0 Å². The van der Waals surface area contributed by atoms with Gasteiger partial charge in [0.25, 0.3) is 0 Å². The average Bonchev–Trinajstić information content (AvgIpc) is 2.23. The van der Waals surface area contributed by atoms with Crippen molar-refractivity contribution in [2.24, 2.45) is 0 Å². The Morgan fingerprint density at radius 3 is 2.88 bits per heavy atom. The van der Waals surface area contributed by atoms with Gasteiger partial charge >= 0.3 is 0 Å². The molecule has 0 spiro atoms. The lowest BCUT2D eigenvalue weighted by molar-refractivity contribution is 0.208. The second kappa shape index (κ2) is 6.27. The zero-order valence-electron chi connectivity index (χ0n) is 10.0. The van der Waals surface area contributed by atoms with Crippen molar-refractivity contribution in [3.63, 3.8) is 0 Å². The van der Waals surface area contributed by atoms with E-state index in [1.165, 1.54) is 0 Å². The third-order valence-corrected chi connectivity index (χ3v) is 1.84. The third-order valence-electron chi connectivity index (χ3n) is 1.84.